The number of likely N-dealkylation sites (N-methyl/N-ethyl adjacent to an activating group) is 1. The van der Waals surface area contributed by atoms with Crippen molar-refractivity contribution in [2.45, 2.75) is 46.5 Å². The van der Waals surface area contributed by atoms with Crippen LogP contribution in [0.1, 0.15) is 46.5 Å². The molecule has 0 radical (unpaired) electrons. The highest BCUT2D eigenvalue weighted by Crippen LogP contribution is 2.49. The molecule has 1 N–H and O–H groups in total. The summed E-state index contributed by atoms with van der Waals surface area (Å²) >= 11 is 0. The minimum Gasteiger partial charge on any atom is -0.313 e. The molecule has 0 saturated carbocycles. The first-order valence-corrected chi connectivity index (χ1v) is 8.02. The summed E-state index contributed by atoms with van der Waals surface area (Å²) in [6.07, 6.45) is 11.8. The van der Waals surface area contributed by atoms with Gasteiger partial charge in [0.25, 0.3) is 0 Å². The highest BCUT2D eigenvalue weighted by atomic mass is 16.1. The Labute approximate surface area is 123 Å². The van der Waals surface area contributed by atoms with E-state index in [2.05, 4.69) is 44.3 Å². The normalized spacial score (nSPS) is 34.3. The van der Waals surface area contributed by atoms with E-state index in [1.54, 1.807) is 0 Å². The molecule has 0 aromatic heterocycles. The second kappa shape index (κ2) is 6.26. The molecule has 0 aromatic rings. The molecule has 2 rings (SSSR count). The summed E-state index contributed by atoms with van der Waals surface area (Å²) in [5.74, 6) is 1.87. The average Bonchev–Trinajstić information content (AvgIpc) is 2.40. The van der Waals surface area contributed by atoms with Crippen LogP contribution in [0.5, 0.6) is 0 Å². The van der Waals surface area contributed by atoms with Gasteiger partial charge in [-0.05, 0) is 50.0 Å². The summed E-state index contributed by atoms with van der Waals surface area (Å²) in [5, 5.41) is 2.97. The number of nitrogens with one attached hydrogen (secondary N) is 1. The molecule has 0 heterocycles. The fourth-order valence-corrected chi connectivity index (χ4v) is 3.80. The molecule has 0 bridgehead atoms. The lowest BCUT2D eigenvalue weighted by Gasteiger charge is -2.45. The second-order valence-corrected chi connectivity index (χ2v) is 6.98. The lowest BCUT2D eigenvalue weighted by molar-refractivity contribution is -0.121. The summed E-state index contributed by atoms with van der Waals surface area (Å²) < 4.78 is 0. The lowest BCUT2D eigenvalue weighted by atomic mass is 9.59. The van der Waals surface area contributed by atoms with Crippen LogP contribution in [-0.2, 0) is 4.79 Å². The SMILES string of the molecule is CNCC(=O)[C@H](C)CC1=CC2(C)C(C)CC=CC2CC1. The van der Waals surface area contributed by atoms with Crippen LogP contribution in [-0.4, -0.2) is 19.4 Å². The van der Waals surface area contributed by atoms with Crippen LogP contribution in [0, 0.1) is 23.2 Å². The molecule has 20 heavy (non-hydrogen) atoms. The van der Waals surface area contributed by atoms with Crippen LogP contribution in [0.4, 0.5) is 0 Å². The van der Waals surface area contributed by atoms with Crippen molar-refractivity contribution in [2.75, 3.05) is 13.6 Å². The van der Waals surface area contributed by atoms with Gasteiger partial charge in [-0.3, -0.25) is 4.79 Å². The van der Waals surface area contributed by atoms with Crippen LogP contribution in [0.25, 0.3) is 0 Å². The van der Waals surface area contributed by atoms with E-state index in [4.69, 9.17) is 0 Å². The van der Waals surface area contributed by atoms with Gasteiger partial charge < -0.3 is 5.32 Å². The summed E-state index contributed by atoms with van der Waals surface area (Å²) in [6.45, 7) is 7.34. The smallest absolute Gasteiger partial charge is 0.149 e. The monoisotopic (exact) mass is 275 g/mol. The number of allylic oxidation sites excluding steroid dienone is 4. The molecule has 0 aliphatic heterocycles. The van der Waals surface area contributed by atoms with E-state index in [9.17, 15) is 4.79 Å². The van der Waals surface area contributed by atoms with Crippen LogP contribution < -0.4 is 5.32 Å². The Morgan fingerprint density at radius 2 is 2.30 bits per heavy atom. The molecule has 2 aliphatic carbocycles. The number of ketones is 1. The van der Waals surface area contributed by atoms with E-state index >= 15 is 0 Å². The quantitative estimate of drug-likeness (QED) is 0.774. The zero-order chi connectivity index (χ0) is 14.8. The molecule has 0 fully saturated rings. The maximum atomic E-state index is 11.9. The topological polar surface area (TPSA) is 29.1 Å². The van der Waals surface area contributed by atoms with Crippen molar-refractivity contribution in [2.24, 2.45) is 23.2 Å². The lowest BCUT2D eigenvalue weighted by Crippen LogP contribution is -2.36. The predicted octanol–water partition coefficient (Wildman–Crippen LogP) is 3.74. The van der Waals surface area contributed by atoms with Crippen LogP contribution in [0.15, 0.2) is 23.8 Å². The van der Waals surface area contributed by atoms with E-state index in [0.717, 1.165) is 12.8 Å². The first-order chi connectivity index (χ1) is 9.47. The third kappa shape index (κ3) is 3.06. The molecule has 4 atom stereocenters. The minimum atomic E-state index is 0.142. The summed E-state index contributed by atoms with van der Waals surface area (Å²) in [4.78, 5) is 11.9. The van der Waals surface area contributed by atoms with Gasteiger partial charge in [0.05, 0.1) is 6.54 Å². The van der Waals surface area contributed by atoms with Gasteiger partial charge in [0, 0.05) is 5.92 Å². The van der Waals surface area contributed by atoms with Gasteiger partial charge in [-0.15, -0.1) is 0 Å². The molecule has 0 spiro atoms. The van der Waals surface area contributed by atoms with Crippen LogP contribution in [0.3, 0.4) is 0 Å². The number of fused-ring (bicyclic) bond motifs is 1. The fraction of sp³-hybridized carbons (Fsp3) is 0.722. The van der Waals surface area contributed by atoms with Gasteiger partial charge in [-0.1, -0.05) is 44.6 Å². The highest BCUT2D eigenvalue weighted by molar-refractivity contribution is 5.82. The Balaban J connectivity index is 2.08. The Hall–Kier alpha value is -0.890. The maximum absolute atomic E-state index is 11.9. The van der Waals surface area contributed by atoms with E-state index < -0.39 is 0 Å². The molecule has 2 heteroatoms. The molecule has 0 aromatic carbocycles. The minimum absolute atomic E-state index is 0.142. The predicted molar refractivity (Wildman–Crippen MR) is 84.5 cm³/mol. The van der Waals surface area contributed by atoms with Gasteiger partial charge in [0.2, 0.25) is 0 Å². The van der Waals surface area contributed by atoms with Crippen molar-refractivity contribution < 1.29 is 4.79 Å². The van der Waals surface area contributed by atoms with Crippen LogP contribution >= 0.6 is 0 Å². The number of carbonyl (C=O) groups is 1. The first-order valence-electron chi connectivity index (χ1n) is 8.02. The standard InChI is InChI=1S/C18H29NO/c1-13(17(20)12-19-4)10-15-8-9-16-7-5-6-14(2)18(16,3)11-15/h5,7,11,13-14,16,19H,6,8-10,12H2,1-4H3/t13-,14?,16?,18?/m1/s1. The van der Waals surface area contributed by atoms with Crippen molar-refractivity contribution >= 4 is 5.78 Å². The highest BCUT2D eigenvalue weighted by Gasteiger charge is 2.40. The molecular formula is C18H29NO. The molecule has 2 aliphatic rings. The second-order valence-electron chi connectivity index (χ2n) is 6.98. The largest absolute Gasteiger partial charge is 0.313 e. The maximum Gasteiger partial charge on any atom is 0.149 e. The van der Waals surface area contributed by atoms with Gasteiger partial charge in [0.1, 0.15) is 5.78 Å². The number of hydrogen-bond acceptors (Lipinski definition) is 2. The fourth-order valence-electron chi connectivity index (χ4n) is 3.80. The Morgan fingerprint density at radius 1 is 1.55 bits per heavy atom. The zero-order valence-corrected chi connectivity index (χ0v) is 13.4. The molecule has 0 saturated heterocycles. The van der Waals surface area contributed by atoms with Crippen molar-refractivity contribution in [3.63, 3.8) is 0 Å². The van der Waals surface area contributed by atoms with E-state index in [1.807, 2.05) is 7.05 Å². The zero-order valence-electron chi connectivity index (χ0n) is 13.4. The molecule has 112 valence electrons. The summed E-state index contributed by atoms with van der Waals surface area (Å²) in [5.41, 5.74) is 1.80. The number of Topliss-reactive ketones (excluding diaryl/α,β-unsaturated/α-hetero) is 1. The number of carbonyl (C=O) groups excluding carboxylic acids is 1. The van der Waals surface area contributed by atoms with Gasteiger partial charge in [0.15, 0.2) is 0 Å². The van der Waals surface area contributed by atoms with Crippen molar-refractivity contribution in [1.82, 2.24) is 5.32 Å². The van der Waals surface area contributed by atoms with Crippen molar-refractivity contribution in [3.05, 3.63) is 23.8 Å². The van der Waals surface area contributed by atoms with E-state index in [-0.39, 0.29) is 5.92 Å². The third-order valence-corrected chi connectivity index (χ3v) is 5.48. The average molecular weight is 275 g/mol. The number of rotatable bonds is 5. The molecular weight excluding hydrogens is 246 g/mol. The summed E-state index contributed by atoms with van der Waals surface area (Å²) in [7, 11) is 1.84. The van der Waals surface area contributed by atoms with Crippen LogP contribution in [0.2, 0.25) is 0 Å². The Bertz CT molecular complexity index is 423. The first kappa shape index (κ1) is 15.5. The third-order valence-electron chi connectivity index (χ3n) is 5.48. The Morgan fingerprint density at radius 3 is 3.00 bits per heavy atom. The number of hydrogen-bond donors (Lipinski definition) is 1. The van der Waals surface area contributed by atoms with Crippen molar-refractivity contribution in [1.29, 1.82) is 0 Å². The Kier molecular flexibility index (Phi) is 4.85. The van der Waals surface area contributed by atoms with Gasteiger partial charge in [-0.2, -0.15) is 0 Å². The molecule has 2 nitrogen and oxygen atoms in total. The molecule has 0 amide bonds. The van der Waals surface area contributed by atoms with Gasteiger partial charge >= 0.3 is 0 Å². The van der Waals surface area contributed by atoms with E-state index in [1.165, 1.54) is 18.4 Å². The van der Waals surface area contributed by atoms with E-state index in [0.29, 0.717) is 29.6 Å². The molecule has 3 unspecified atom stereocenters. The van der Waals surface area contributed by atoms with Gasteiger partial charge in [-0.25, -0.2) is 0 Å². The summed E-state index contributed by atoms with van der Waals surface area (Å²) in [6, 6.07) is 0. The van der Waals surface area contributed by atoms with Crippen molar-refractivity contribution in [3.8, 4) is 0 Å².